The number of halogens is 1. The van der Waals surface area contributed by atoms with E-state index in [1.807, 2.05) is 4.90 Å². The molecule has 12 heavy (non-hydrogen) atoms. The highest BCUT2D eigenvalue weighted by Crippen LogP contribution is 2.01. The molecule has 0 atom stereocenters. The number of carbonyl (C=O) groups excluding carboxylic acids is 1. The van der Waals surface area contributed by atoms with Crippen LogP contribution in [0.3, 0.4) is 0 Å². The van der Waals surface area contributed by atoms with Crippen molar-refractivity contribution in [2.24, 2.45) is 0 Å². The lowest BCUT2D eigenvalue weighted by Crippen LogP contribution is -2.48. The second-order valence-corrected chi connectivity index (χ2v) is 3.83. The van der Waals surface area contributed by atoms with Crippen molar-refractivity contribution in [1.82, 2.24) is 9.80 Å². The Hall–Kier alpha value is -0.0900. The Kier molecular flexibility index (Phi) is 4.01. The highest BCUT2D eigenvalue weighted by atomic mass is 79.9. The molecule has 1 aliphatic heterocycles. The fourth-order valence-corrected chi connectivity index (χ4v) is 1.91. The van der Waals surface area contributed by atoms with Crippen LogP contribution in [-0.4, -0.2) is 53.8 Å². The number of hydrogen-bond acceptors (Lipinski definition) is 2. The van der Waals surface area contributed by atoms with E-state index in [-0.39, 0.29) is 5.91 Å². The standard InChI is InChI=1S/C8H15BrN2O/c1-8(12)11-6-4-10(3-2-9)5-7-11/h2-7H2,1H3. The highest BCUT2D eigenvalue weighted by Gasteiger charge is 2.17. The molecule has 0 saturated carbocycles. The average molecular weight is 235 g/mol. The van der Waals surface area contributed by atoms with Gasteiger partial charge in [0.05, 0.1) is 0 Å². The predicted octanol–water partition coefficient (Wildman–Crippen LogP) is 0.545. The van der Waals surface area contributed by atoms with Gasteiger partial charge in [0, 0.05) is 45.0 Å². The Bertz CT molecular complexity index is 155. The topological polar surface area (TPSA) is 23.6 Å². The third kappa shape index (κ3) is 2.75. The first kappa shape index (κ1) is 9.99. The quantitative estimate of drug-likeness (QED) is 0.652. The van der Waals surface area contributed by atoms with E-state index in [2.05, 4.69) is 20.8 Å². The van der Waals surface area contributed by atoms with E-state index in [0.29, 0.717) is 0 Å². The summed E-state index contributed by atoms with van der Waals surface area (Å²) in [5, 5.41) is 1.02. The number of alkyl halides is 1. The first-order valence-corrected chi connectivity index (χ1v) is 5.40. The number of piperazine rings is 1. The van der Waals surface area contributed by atoms with Crippen molar-refractivity contribution in [3.05, 3.63) is 0 Å². The molecular formula is C8H15BrN2O. The molecule has 1 amide bonds. The fourth-order valence-electron chi connectivity index (χ4n) is 1.41. The molecule has 0 N–H and O–H groups in total. The summed E-state index contributed by atoms with van der Waals surface area (Å²) in [4.78, 5) is 15.2. The lowest BCUT2D eigenvalue weighted by atomic mass is 10.3. The number of rotatable bonds is 2. The number of hydrogen-bond donors (Lipinski definition) is 0. The predicted molar refractivity (Wildman–Crippen MR) is 52.5 cm³/mol. The van der Waals surface area contributed by atoms with Gasteiger partial charge in [-0.05, 0) is 0 Å². The van der Waals surface area contributed by atoms with Crippen LogP contribution in [0, 0.1) is 0 Å². The van der Waals surface area contributed by atoms with Crippen LogP contribution in [0.15, 0.2) is 0 Å². The van der Waals surface area contributed by atoms with Gasteiger partial charge in [-0.15, -0.1) is 0 Å². The molecule has 1 saturated heterocycles. The van der Waals surface area contributed by atoms with Gasteiger partial charge in [0.25, 0.3) is 0 Å². The summed E-state index contributed by atoms with van der Waals surface area (Å²) in [7, 11) is 0. The van der Waals surface area contributed by atoms with Crippen LogP contribution in [0.25, 0.3) is 0 Å². The molecule has 3 nitrogen and oxygen atoms in total. The zero-order valence-corrected chi connectivity index (χ0v) is 9.01. The smallest absolute Gasteiger partial charge is 0.219 e. The monoisotopic (exact) mass is 234 g/mol. The SMILES string of the molecule is CC(=O)N1CCN(CCBr)CC1. The molecule has 0 aliphatic carbocycles. The van der Waals surface area contributed by atoms with Crippen LogP contribution in [0.2, 0.25) is 0 Å². The van der Waals surface area contributed by atoms with Gasteiger partial charge in [0.1, 0.15) is 0 Å². The van der Waals surface area contributed by atoms with Crippen molar-refractivity contribution in [1.29, 1.82) is 0 Å². The number of nitrogens with zero attached hydrogens (tertiary/aromatic N) is 2. The normalized spacial score (nSPS) is 19.7. The Morgan fingerprint density at radius 2 is 1.92 bits per heavy atom. The minimum absolute atomic E-state index is 0.202. The van der Waals surface area contributed by atoms with Crippen molar-refractivity contribution in [3.63, 3.8) is 0 Å². The van der Waals surface area contributed by atoms with E-state index in [1.165, 1.54) is 0 Å². The molecule has 70 valence electrons. The first-order valence-electron chi connectivity index (χ1n) is 4.28. The van der Waals surface area contributed by atoms with Crippen molar-refractivity contribution in [2.45, 2.75) is 6.92 Å². The van der Waals surface area contributed by atoms with Gasteiger partial charge in [-0.1, -0.05) is 15.9 Å². The molecule has 0 unspecified atom stereocenters. The van der Waals surface area contributed by atoms with E-state index in [0.717, 1.165) is 38.1 Å². The molecule has 0 aromatic heterocycles. The van der Waals surface area contributed by atoms with Crippen LogP contribution in [0.4, 0.5) is 0 Å². The van der Waals surface area contributed by atoms with Crippen molar-refractivity contribution in [2.75, 3.05) is 38.1 Å². The van der Waals surface area contributed by atoms with Crippen LogP contribution < -0.4 is 0 Å². The molecule has 0 aromatic rings. The third-order valence-corrected chi connectivity index (χ3v) is 2.57. The lowest BCUT2D eigenvalue weighted by molar-refractivity contribution is -0.130. The summed E-state index contributed by atoms with van der Waals surface area (Å²) in [6, 6.07) is 0. The van der Waals surface area contributed by atoms with Gasteiger partial charge < -0.3 is 4.90 Å². The van der Waals surface area contributed by atoms with Crippen LogP contribution >= 0.6 is 15.9 Å². The highest BCUT2D eigenvalue weighted by molar-refractivity contribution is 9.09. The summed E-state index contributed by atoms with van der Waals surface area (Å²) in [5.41, 5.74) is 0. The lowest BCUT2D eigenvalue weighted by Gasteiger charge is -2.33. The summed E-state index contributed by atoms with van der Waals surface area (Å²) >= 11 is 3.41. The number of carbonyl (C=O) groups is 1. The van der Waals surface area contributed by atoms with E-state index in [4.69, 9.17) is 0 Å². The zero-order valence-electron chi connectivity index (χ0n) is 7.42. The summed E-state index contributed by atoms with van der Waals surface area (Å²) in [6.07, 6.45) is 0. The van der Waals surface area contributed by atoms with Crippen molar-refractivity contribution in [3.8, 4) is 0 Å². The zero-order chi connectivity index (χ0) is 8.97. The molecule has 0 aromatic carbocycles. The van der Waals surface area contributed by atoms with Gasteiger partial charge in [-0.25, -0.2) is 0 Å². The second-order valence-electron chi connectivity index (χ2n) is 3.04. The van der Waals surface area contributed by atoms with Gasteiger partial charge in [0.2, 0.25) is 5.91 Å². The van der Waals surface area contributed by atoms with Crippen LogP contribution in [0.5, 0.6) is 0 Å². The van der Waals surface area contributed by atoms with Crippen LogP contribution in [0.1, 0.15) is 6.92 Å². The van der Waals surface area contributed by atoms with Crippen molar-refractivity contribution >= 4 is 21.8 Å². The van der Waals surface area contributed by atoms with Crippen molar-refractivity contribution < 1.29 is 4.79 Å². The molecule has 1 heterocycles. The molecule has 0 spiro atoms. The molecule has 1 aliphatic rings. The molecule has 0 radical (unpaired) electrons. The van der Waals surface area contributed by atoms with E-state index in [9.17, 15) is 4.79 Å². The fraction of sp³-hybridized carbons (Fsp3) is 0.875. The number of amides is 1. The van der Waals surface area contributed by atoms with E-state index in [1.54, 1.807) is 6.92 Å². The summed E-state index contributed by atoms with van der Waals surface area (Å²) in [6.45, 7) is 6.55. The Labute approximate surface area is 81.8 Å². The summed E-state index contributed by atoms with van der Waals surface area (Å²) < 4.78 is 0. The minimum Gasteiger partial charge on any atom is -0.340 e. The van der Waals surface area contributed by atoms with Crippen LogP contribution in [-0.2, 0) is 4.79 Å². The third-order valence-electron chi connectivity index (χ3n) is 2.22. The molecule has 1 rings (SSSR count). The first-order chi connectivity index (χ1) is 5.74. The summed E-state index contributed by atoms with van der Waals surface area (Å²) in [5.74, 6) is 0.202. The van der Waals surface area contributed by atoms with E-state index >= 15 is 0 Å². The molecule has 4 heteroatoms. The van der Waals surface area contributed by atoms with Gasteiger partial charge >= 0.3 is 0 Å². The van der Waals surface area contributed by atoms with E-state index < -0.39 is 0 Å². The average Bonchev–Trinajstić information content (AvgIpc) is 2.06. The Balaban J connectivity index is 2.25. The maximum atomic E-state index is 11.0. The molecule has 0 bridgehead atoms. The molecule has 1 fully saturated rings. The largest absolute Gasteiger partial charge is 0.340 e. The van der Waals surface area contributed by atoms with Gasteiger partial charge in [0.15, 0.2) is 0 Å². The Morgan fingerprint density at radius 3 is 2.33 bits per heavy atom. The Morgan fingerprint density at radius 1 is 1.33 bits per heavy atom. The maximum Gasteiger partial charge on any atom is 0.219 e. The molecular weight excluding hydrogens is 220 g/mol. The maximum absolute atomic E-state index is 11.0. The minimum atomic E-state index is 0.202. The van der Waals surface area contributed by atoms with Gasteiger partial charge in [-0.3, -0.25) is 9.69 Å². The van der Waals surface area contributed by atoms with Gasteiger partial charge in [-0.2, -0.15) is 0 Å². The second kappa shape index (κ2) is 4.82.